The fraction of sp³-hybridized carbons (Fsp3) is 0.419. The van der Waals surface area contributed by atoms with Crippen LogP contribution >= 0.6 is 0 Å². The topological polar surface area (TPSA) is 38.0 Å². The van der Waals surface area contributed by atoms with E-state index in [9.17, 15) is 0 Å². The minimum absolute atomic E-state index is 0.0310. The summed E-state index contributed by atoms with van der Waals surface area (Å²) < 4.78 is 0. The quantitative estimate of drug-likeness (QED) is 0.339. The molecule has 2 nitrogen and oxygen atoms in total. The van der Waals surface area contributed by atoms with Crippen LogP contribution in [0, 0.1) is 20.8 Å². The van der Waals surface area contributed by atoms with Crippen LogP contribution in [0.25, 0.3) is 0 Å². The van der Waals surface area contributed by atoms with Gasteiger partial charge in [-0.1, -0.05) is 74.9 Å². The molecule has 33 heavy (non-hydrogen) atoms. The molecule has 0 saturated heterocycles. The van der Waals surface area contributed by atoms with Crippen LogP contribution in [0.1, 0.15) is 84.2 Å². The van der Waals surface area contributed by atoms with Crippen molar-refractivity contribution in [3.8, 4) is 0 Å². The molecule has 2 heteroatoms. The van der Waals surface area contributed by atoms with Crippen LogP contribution in [0.2, 0.25) is 0 Å². The van der Waals surface area contributed by atoms with E-state index < -0.39 is 0 Å². The molecule has 0 spiro atoms. The zero-order chi connectivity index (χ0) is 24.0. The van der Waals surface area contributed by atoms with Gasteiger partial charge in [0.05, 0.1) is 0 Å². The van der Waals surface area contributed by atoms with Crippen LogP contribution in [0.4, 0.5) is 5.69 Å². The maximum atomic E-state index is 6.57. The Balaban J connectivity index is 1.88. The molecule has 3 N–H and O–H groups in total. The Morgan fingerprint density at radius 2 is 1.61 bits per heavy atom. The Labute approximate surface area is 201 Å². The Morgan fingerprint density at radius 3 is 2.27 bits per heavy atom. The maximum Gasteiger partial charge on any atom is 0.0404 e. The van der Waals surface area contributed by atoms with Crippen LogP contribution in [0.5, 0.6) is 0 Å². The third kappa shape index (κ3) is 6.26. The highest BCUT2D eigenvalue weighted by molar-refractivity contribution is 5.63. The summed E-state index contributed by atoms with van der Waals surface area (Å²) in [7, 11) is 0. The molecule has 0 aromatic heterocycles. The second kappa shape index (κ2) is 11.5. The normalized spacial score (nSPS) is 13.1. The molecule has 0 radical (unpaired) electrons. The number of anilines is 1. The lowest BCUT2D eigenvalue weighted by atomic mass is 9.89. The summed E-state index contributed by atoms with van der Waals surface area (Å²) in [6.45, 7) is 13.5. The van der Waals surface area contributed by atoms with Crippen LogP contribution in [0.3, 0.4) is 0 Å². The number of rotatable bonds is 10. The third-order valence-electron chi connectivity index (χ3n) is 6.97. The van der Waals surface area contributed by atoms with E-state index in [1.165, 1.54) is 50.2 Å². The molecule has 0 aliphatic heterocycles. The van der Waals surface area contributed by atoms with Gasteiger partial charge in [-0.15, -0.1) is 0 Å². The van der Waals surface area contributed by atoms with Crippen molar-refractivity contribution >= 4 is 5.69 Å². The van der Waals surface area contributed by atoms with E-state index in [0.29, 0.717) is 6.04 Å². The SMILES string of the molecule is CCCc1cc(Cc2c(C)cc(C)c(NC(C)CC)c2C)ccc1CC(N)c1ccccc1. The first-order chi connectivity index (χ1) is 15.8. The van der Waals surface area contributed by atoms with Crippen molar-refractivity contribution < 1.29 is 0 Å². The number of hydrogen-bond acceptors (Lipinski definition) is 2. The molecular weight excluding hydrogens is 400 g/mol. The molecule has 0 saturated carbocycles. The van der Waals surface area contributed by atoms with E-state index in [2.05, 4.69) is 95.4 Å². The van der Waals surface area contributed by atoms with E-state index in [1.54, 1.807) is 0 Å². The Hall–Kier alpha value is -2.58. The average molecular weight is 443 g/mol. The highest BCUT2D eigenvalue weighted by Gasteiger charge is 2.15. The third-order valence-corrected chi connectivity index (χ3v) is 6.97. The van der Waals surface area contributed by atoms with E-state index in [4.69, 9.17) is 5.73 Å². The molecule has 0 amide bonds. The van der Waals surface area contributed by atoms with Crippen molar-refractivity contribution in [2.24, 2.45) is 5.73 Å². The van der Waals surface area contributed by atoms with Gasteiger partial charge in [-0.3, -0.25) is 0 Å². The molecule has 0 bridgehead atoms. The van der Waals surface area contributed by atoms with Crippen LogP contribution in [-0.2, 0) is 19.3 Å². The van der Waals surface area contributed by atoms with Gasteiger partial charge < -0.3 is 11.1 Å². The van der Waals surface area contributed by atoms with Crippen LogP contribution < -0.4 is 11.1 Å². The van der Waals surface area contributed by atoms with Gasteiger partial charge in [0.15, 0.2) is 0 Å². The first-order valence-corrected chi connectivity index (χ1v) is 12.6. The second-order valence-corrected chi connectivity index (χ2v) is 9.69. The predicted molar refractivity (Wildman–Crippen MR) is 144 cm³/mol. The molecule has 0 fully saturated rings. The molecule has 0 aliphatic carbocycles. The van der Waals surface area contributed by atoms with Crippen molar-refractivity contribution in [1.82, 2.24) is 0 Å². The molecule has 3 aromatic rings. The van der Waals surface area contributed by atoms with Gasteiger partial charge >= 0.3 is 0 Å². The lowest BCUT2D eigenvalue weighted by molar-refractivity contribution is 0.712. The lowest BCUT2D eigenvalue weighted by Gasteiger charge is -2.22. The van der Waals surface area contributed by atoms with Gasteiger partial charge in [-0.25, -0.2) is 0 Å². The summed E-state index contributed by atoms with van der Waals surface area (Å²) in [5.74, 6) is 0. The smallest absolute Gasteiger partial charge is 0.0404 e. The van der Waals surface area contributed by atoms with Gasteiger partial charge in [0.25, 0.3) is 0 Å². The number of benzene rings is 3. The number of nitrogens with two attached hydrogens (primary N) is 1. The standard InChI is InChI=1S/C31H42N2/c1-7-12-27-18-25(15-16-28(27)20-30(32)26-13-10-9-11-14-26)19-29-21(3)17-22(4)31(24(29)6)33-23(5)8-2/h9-11,13-18,23,30,33H,7-8,12,19-20,32H2,1-6H3. The van der Waals surface area contributed by atoms with E-state index in [-0.39, 0.29) is 6.04 Å². The van der Waals surface area contributed by atoms with Gasteiger partial charge in [0.2, 0.25) is 0 Å². The Kier molecular flexibility index (Phi) is 8.74. The largest absolute Gasteiger partial charge is 0.382 e. The monoisotopic (exact) mass is 442 g/mol. The Morgan fingerprint density at radius 1 is 0.879 bits per heavy atom. The molecule has 2 atom stereocenters. The van der Waals surface area contributed by atoms with E-state index >= 15 is 0 Å². The summed E-state index contributed by atoms with van der Waals surface area (Å²) in [6, 6.07) is 20.4. The minimum Gasteiger partial charge on any atom is -0.382 e. The predicted octanol–water partition coefficient (Wildman–Crippen LogP) is 7.61. The van der Waals surface area contributed by atoms with Crippen molar-refractivity contribution in [3.63, 3.8) is 0 Å². The van der Waals surface area contributed by atoms with Crippen molar-refractivity contribution in [2.45, 2.75) is 85.7 Å². The average Bonchev–Trinajstić information content (AvgIpc) is 2.81. The van der Waals surface area contributed by atoms with Crippen LogP contribution in [0.15, 0.2) is 54.6 Å². The fourth-order valence-electron chi connectivity index (χ4n) is 4.82. The summed E-state index contributed by atoms with van der Waals surface area (Å²) in [5, 5.41) is 3.75. The lowest BCUT2D eigenvalue weighted by Crippen LogP contribution is -2.16. The second-order valence-electron chi connectivity index (χ2n) is 9.69. The first-order valence-electron chi connectivity index (χ1n) is 12.6. The summed E-state index contributed by atoms with van der Waals surface area (Å²) in [5.41, 5.74) is 18.9. The Bertz CT molecular complexity index is 1050. The highest BCUT2D eigenvalue weighted by Crippen LogP contribution is 2.30. The highest BCUT2D eigenvalue weighted by atomic mass is 14.9. The van der Waals surface area contributed by atoms with Gasteiger partial charge in [0, 0.05) is 17.8 Å². The molecule has 0 aliphatic rings. The fourth-order valence-corrected chi connectivity index (χ4v) is 4.82. The molecule has 3 aromatic carbocycles. The number of aryl methyl sites for hydroxylation is 3. The summed E-state index contributed by atoms with van der Waals surface area (Å²) in [6.07, 6.45) is 5.20. The molecule has 0 heterocycles. The number of nitrogens with one attached hydrogen (secondary N) is 1. The van der Waals surface area contributed by atoms with Crippen LogP contribution in [-0.4, -0.2) is 6.04 Å². The zero-order valence-corrected chi connectivity index (χ0v) is 21.5. The van der Waals surface area contributed by atoms with Gasteiger partial charge in [-0.05, 0) is 97.9 Å². The molecular formula is C31H42N2. The zero-order valence-electron chi connectivity index (χ0n) is 21.5. The van der Waals surface area contributed by atoms with Crippen molar-refractivity contribution in [1.29, 1.82) is 0 Å². The van der Waals surface area contributed by atoms with Crippen molar-refractivity contribution in [2.75, 3.05) is 5.32 Å². The van der Waals surface area contributed by atoms with E-state index in [1.807, 2.05) is 6.07 Å². The first kappa shape index (κ1) is 25.1. The van der Waals surface area contributed by atoms with Crippen molar-refractivity contribution in [3.05, 3.63) is 99.1 Å². The minimum atomic E-state index is 0.0310. The molecule has 3 rings (SSSR count). The van der Waals surface area contributed by atoms with Gasteiger partial charge in [0.1, 0.15) is 0 Å². The number of hydrogen-bond donors (Lipinski definition) is 2. The summed E-state index contributed by atoms with van der Waals surface area (Å²) >= 11 is 0. The molecule has 2 unspecified atom stereocenters. The molecule has 176 valence electrons. The maximum absolute atomic E-state index is 6.57. The van der Waals surface area contributed by atoms with Gasteiger partial charge in [-0.2, -0.15) is 0 Å². The van der Waals surface area contributed by atoms with E-state index in [0.717, 1.165) is 32.1 Å². The summed E-state index contributed by atoms with van der Waals surface area (Å²) in [4.78, 5) is 0.